The van der Waals surface area contributed by atoms with E-state index < -0.39 is 0 Å². The molecule has 162 valence electrons. The van der Waals surface area contributed by atoms with E-state index in [9.17, 15) is 9.59 Å². The maximum atomic E-state index is 11.6. The minimum Gasteiger partial charge on any atom is -0.466 e. The molecule has 0 aromatic rings. The Labute approximate surface area is 172 Å². The van der Waals surface area contributed by atoms with Crippen molar-refractivity contribution in [1.29, 1.82) is 0 Å². The van der Waals surface area contributed by atoms with Crippen molar-refractivity contribution in [2.45, 2.75) is 103 Å². The van der Waals surface area contributed by atoms with Crippen LogP contribution < -0.4 is 0 Å². The first-order valence-corrected chi connectivity index (χ1v) is 11.2. The van der Waals surface area contributed by atoms with Crippen LogP contribution in [0.25, 0.3) is 0 Å². The molecule has 0 spiro atoms. The van der Waals surface area contributed by atoms with Crippen LogP contribution in [0.1, 0.15) is 103 Å². The topological polar surface area (TPSA) is 52.6 Å². The predicted molar refractivity (Wildman–Crippen MR) is 116 cm³/mol. The van der Waals surface area contributed by atoms with Crippen molar-refractivity contribution in [1.82, 2.24) is 0 Å². The fraction of sp³-hybridized carbons (Fsp3) is 0.750. The zero-order chi connectivity index (χ0) is 20.7. The molecule has 0 fully saturated rings. The van der Waals surface area contributed by atoms with E-state index in [0.717, 1.165) is 38.5 Å². The van der Waals surface area contributed by atoms with Crippen molar-refractivity contribution in [2.24, 2.45) is 0 Å². The molecule has 0 atom stereocenters. The van der Waals surface area contributed by atoms with E-state index in [-0.39, 0.29) is 24.8 Å². The van der Waals surface area contributed by atoms with Gasteiger partial charge in [0.05, 0.1) is 26.1 Å². The van der Waals surface area contributed by atoms with E-state index in [4.69, 9.17) is 9.47 Å². The molecule has 0 aromatic carbocycles. The van der Waals surface area contributed by atoms with E-state index in [1.165, 1.54) is 51.4 Å². The van der Waals surface area contributed by atoms with E-state index in [1.807, 2.05) is 12.2 Å². The van der Waals surface area contributed by atoms with E-state index in [1.54, 1.807) is 0 Å². The number of esters is 2. The summed E-state index contributed by atoms with van der Waals surface area (Å²) < 4.78 is 10.3. The van der Waals surface area contributed by atoms with Gasteiger partial charge in [-0.25, -0.2) is 0 Å². The van der Waals surface area contributed by atoms with Gasteiger partial charge in [0.15, 0.2) is 0 Å². The van der Waals surface area contributed by atoms with Crippen molar-refractivity contribution in [3.8, 4) is 0 Å². The maximum Gasteiger partial charge on any atom is 0.306 e. The Morgan fingerprint density at radius 2 is 0.857 bits per heavy atom. The summed E-state index contributed by atoms with van der Waals surface area (Å²) in [5.41, 5.74) is 0. The molecule has 0 aliphatic heterocycles. The largest absolute Gasteiger partial charge is 0.466 e. The highest BCUT2D eigenvalue weighted by Crippen LogP contribution is 2.09. The Hall–Kier alpha value is -1.58. The van der Waals surface area contributed by atoms with Crippen molar-refractivity contribution >= 4 is 11.9 Å². The fourth-order valence-electron chi connectivity index (χ4n) is 2.92. The molecule has 0 rings (SSSR count). The van der Waals surface area contributed by atoms with E-state index >= 15 is 0 Å². The molecule has 4 nitrogen and oxygen atoms in total. The highest BCUT2D eigenvalue weighted by Gasteiger charge is 2.09. The van der Waals surface area contributed by atoms with Gasteiger partial charge in [-0.3, -0.25) is 9.59 Å². The van der Waals surface area contributed by atoms with Crippen LogP contribution in [0.3, 0.4) is 0 Å². The SMILES string of the molecule is C=CCCCCCCCCOC(=O)CCC(=O)OCCCCCCCCC=C. The molecule has 0 aromatic heterocycles. The molecule has 0 aliphatic carbocycles. The molecule has 0 N–H and O–H groups in total. The molecule has 0 aliphatic rings. The van der Waals surface area contributed by atoms with Crippen LogP contribution >= 0.6 is 0 Å². The Morgan fingerprint density at radius 1 is 0.536 bits per heavy atom. The molecule has 0 saturated heterocycles. The van der Waals surface area contributed by atoms with Crippen molar-refractivity contribution in [3.05, 3.63) is 25.3 Å². The van der Waals surface area contributed by atoms with Gasteiger partial charge in [0.1, 0.15) is 0 Å². The number of carbonyl (C=O) groups excluding carboxylic acids is 2. The number of carbonyl (C=O) groups is 2. The molecular formula is C24H42O4. The van der Waals surface area contributed by atoms with Crippen LogP contribution in [0.4, 0.5) is 0 Å². The fourth-order valence-corrected chi connectivity index (χ4v) is 2.92. The average Bonchev–Trinajstić information content (AvgIpc) is 2.69. The number of unbranched alkanes of at least 4 members (excludes halogenated alkanes) is 12. The zero-order valence-corrected chi connectivity index (χ0v) is 17.9. The van der Waals surface area contributed by atoms with Gasteiger partial charge < -0.3 is 9.47 Å². The summed E-state index contributed by atoms with van der Waals surface area (Å²) in [5, 5.41) is 0. The highest BCUT2D eigenvalue weighted by molar-refractivity contribution is 5.77. The number of hydrogen-bond donors (Lipinski definition) is 0. The van der Waals surface area contributed by atoms with Gasteiger partial charge in [-0.2, -0.15) is 0 Å². The third kappa shape index (κ3) is 20.7. The highest BCUT2D eigenvalue weighted by atomic mass is 16.5. The standard InChI is InChI=1S/C24H42O4/c1-3-5-7-9-11-13-15-17-21-27-23(25)19-20-24(26)28-22-18-16-14-12-10-8-6-4-2/h3-4H,1-2,5-22H2. The van der Waals surface area contributed by atoms with Crippen LogP contribution in [0.5, 0.6) is 0 Å². The summed E-state index contributed by atoms with van der Waals surface area (Å²) >= 11 is 0. The number of ether oxygens (including phenoxy) is 2. The van der Waals surface area contributed by atoms with E-state index in [0.29, 0.717) is 13.2 Å². The van der Waals surface area contributed by atoms with Gasteiger partial charge in [0.25, 0.3) is 0 Å². The Morgan fingerprint density at radius 3 is 1.21 bits per heavy atom. The summed E-state index contributed by atoms with van der Waals surface area (Å²) in [7, 11) is 0. The summed E-state index contributed by atoms with van der Waals surface area (Å²) in [6.07, 6.45) is 20.0. The molecule has 28 heavy (non-hydrogen) atoms. The van der Waals surface area contributed by atoms with Crippen LogP contribution in [-0.4, -0.2) is 25.2 Å². The van der Waals surface area contributed by atoms with Crippen LogP contribution in [0, 0.1) is 0 Å². The lowest BCUT2D eigenvalue weighted by Crippen LogP contribution is -2.11. The lowest BCUT2D eigenvalue weighted by Gasteiger charge is -2.06. The quantitative estimate of drug-likeness (QED) is 0.124. The first kappa shape index (κ1) is 26.4. The van der Waals surface area contributed by atoms with Gasteiger partial charge in [0.2, 0.25) is 0 Å². The summed E-state index contributed by atoms with van der Waals surface area (Å²) in [4.78, 5) is 23.3. The van der Waals surface area contributed by atoms with Crippen LogP contribution in [0.15, 0.2) is 25.3 Å². The van der Waals surface area contributed by atoms with Gasteiger partial charge in [0, 0.05) is 0 Å². The van der Waals surface area contributed by atoms with Crippen LogP contribution in [-0.2, 0) is 19.1 Å². The third-order valence-corrected chi connectivity index (χ3v) is 4.66. The minimum atomic E-state index is -0.303. The Bertz CT molecular complexity index is 365. The minimum absolute atomic E-state index is 0.115. The monoisotopic (exact) mass is 394 g/mol. The second kappa shape index (κ2) is 21.7. The lowest BCUT2D eigenvalue weighted by atomic mass is 10.1. The van der Waals surface area contributed by atoms with Crippen molar-refractivity contribution in [2.75, 3.05) is 13.2 Å². The molecule has 0 bridgehead atoms. The smallest absolute Gasteiger partial charge is 0.306 e. The van der Waals surface area contributed by atoms with E-state index in [2.05, 4.69) is 13.2 Å². The lowest BCUT2D eigenvalue weighted by molar-refractivity contribution is -0.150. The second-order valence-electron chi connectivity index (χ2n) is 7.34. The first-order valence-electron chi connectivity index (χ1n) is 11.2. The van der Waals surface area contributed by atoms with Crippen molar-refractivity contribution < 1.29 is 19.1 Å². The predicted octanol–water partition coefficient (Wildman–Crippen LogP) is 6.69. The zero-order valence-electron chi connectivity index (χ0n) is 17.9. The maximum absolute atomic E-state index is 11.6. The Kier molecular flexibility index (Phi) is 20.5. The average molecular weight is 395 g/mol. The molecule has 0 unspecified atom stereocenters. The molecule has 0 radical (unpaired) electrons. The number of allylic oxidation sites excluding steroid dienone is 2. The third-order valence-electron chi connectivity index (χ3n) is 4.66. The summed E-state index contributed by atoms with van der Waals surface area (Å²) in [6.45, 7) is 8.34. The number of rotatable bonds is 21. The summed E-state index contributed by atoms with van der Waals surface area (Å²) in [6, 6.07) is 0. The van der Waals surface area contributed by atoms with Gasteiger partial charge in [-0.1, -0.05) is 63.5 Å². The van der Waals surface area contributed by atoms with Gasteiger partial charge in [-0.15, -0.1) is 13.2 Å². The Balaban J connectivity index is 3.34. The number of hydrogen-bond acceptors (Lipinski definition) is 4. The summed E-state index contributed by atoms with van der Waals surface area (Å²) in [5.74, 6) is -0.607. The van der Waals surface area contributed by atoms with Crippen molar-refractivity contribution in [3.63, 3.8) is 0 Å². The molecule has 4 heteroatoms. The first-order chi connectivity index (χ1) is 13.7. The second-order valence-corrected chi connectivity index (χ2v) is 7.34. The molecule has 0 amide bonds. The molecule has 0 heterocycles. The molecular weight excluding hydrogens is 352 g/mol. The normalized spacial score (nSPS) is 10.4. The molecule has 0 saturated carbocycles. The van der Waals surface area contributed by atoms with Crippen LogP contribution in [0.2, 0.25) is 0 Å². The van der Waals surface area contributed by atoms with Gasteiger partial charge >= 0.3 is 11.9 Å². The van der Waals surface area contributed by atoms with Gasteiger partial charge in [-0.05, 0) is 38.5 Å².